The van der Waals surface area contributed by atoms with Crippen LogP contribution in [0.2, 0.25) is 0 Å². The summed E-state index contributed by atoms with van der Waals surface area (Å²) in [6.45, 7) is 9.13. The summed E-state index contributed by atoms with van der Waals surface area (Å²) >= 11 is 0. The molecule has 30 heavy (non-hydrogen) atoms. The van der Waals surface area contributed by atoms with E-state index in [1.807, 2.05) is 0 Å². The van der Waals surface area contributed by atoms with Gasteiger partial charge in [0.15, 0.2) is 18.2 Å². The van der Waals surface area contributed by atoms with Crippen molar-refractivity contribution in [2.24, 2.45) is 0 Å². The normalized spacial score (nSPS) is 29.0. The second kappa shape index (κ2) is 9.75. The van der Waals surface area contributed by atoms with Gasteiger partial charge in [-0.25, -0.2) is 9.59 Å². The van der Waals surface area contributed by atoms with Crippen LogP contribution in [0.1, 0.15) is 41.5 Å². The Bertz CT molecular complexity index is 703. The topological polar surface area (TPSA) is 116 Å². The first-order valence-electron chi connectivity index (χ1n) is 9.69. The summed E-state index contributed by atoms with van der Waals surface area (Å²) < 4.78 is 38.3. The van der Waals surface area contributed by atoms with E-state index in [9.17, 15) is 14.4 Å². The number of carbonyl (C=O) groups excluding carboxylic acids is 3. The first kappa shape index (κ1) is 24.1. The van der Waals surface area contributed by atoms with Gasteiger partial charge in [0.2, 0.25) is 5.60 Å². The van der Waals surface area contributed by atoms with Crippen molar-refractivity contribution >= 4 is 17.9 Å². The summed E-state index contributed by atoms with van der Waals surface area (Å²) in [5.74, 6) is 2.16. The number of hydrogen-bond donors (Lipinski definition) is 0. The fourth-order valence-corrected chi connectivity index (χ4v) is 3.31. The SMILES string of the molecule is CC#C[C@@]1(OC(C)=O)[C@@H](COC(C(=O)OCC)C(=O)OCC)O[C@@H]2OC(C)(C)O[C@@H]21. The highest BCUT2D eigenvalue weighted by molar-refractivity contribution is 5.98. The van der Waals surface area contributed by atoms with Crippen LogP contribution in [0.3, 0.4) is 0 Å². The highest BCUT2D eigenvalue weighted by Gasteiger charge is 2.66. The van der Waals surface area contributed by atoms with Crippen molar-refractivity contribution in [1.82, 2.24) is 0 Å². The van der Waals surface area contributed by atoms with Crippen LogP contribution in [0.25, 0.3) is 0 Å². The Kier molecular flexibility index (Phi) is 7.82. The van der Waals surface area contributed by atoms with Crippen LogP contribution in [0, 0.1) is 11.8 Å². The molecule has 0 saturated carbocycles. The Morgan fingerprint density at radius 2 is 1.67 bits per heavy atom. The van der Waals surface area contributed by atoms with Crippen molar-refractivity contribution in [3.63, 3.8) is 0 Å². The maximum atomic E-state index is 12.2. The maximum absolute atomic E-state index is 12.2. The number of carbonyl (C=O) groups is 3. The fraction of sp³-hybridized carbons (Fsp3) is 0.750. The van der Waals surface area contributed by atoms with E-state index < -0.39 is 53.9 Å². The quantitative estimate of drug-likeness (QED) is 0.237. The van der Waals surface area contributed by atoms with Gasteiger partial charge in [-0.1, -0.05) is 0 Å². The number of hydrogen-bond acceptors (Lipinski definition) is 10. The van der Waals surface area contributed by atoms with Gasteiger partial charge in [0, 0.05) is 6.92 Å². The van der Waals surface area contributed by atoms with Crippen LogP contribution in [-0.2, 0) is 47.5 Å². The predicted octanol–water partition coefficient (Wildman–Crippen LogP) is 0.699. The Hall–Kier alpha value is -2.19. The lowest BCUT2D eigenvalue weighted by Crippen LogP contribution is -2.53. The molecule has 0 spiro atoms. The van der Waals surface area contributed by atoms with E-state index >= 15 is 0 Å². The third-order valence-corrected chi connectivity index (χ3v) is 4.31. The molecular weight excluding hydrogens is 400 g/mol. The van der Waals surface area contributed by atoms with Crippen molar-refractivity contribution in [2.75, 3.05) is 19.8 Å². The largest absolute Gasteiger partial charge is 0.464 e. The van der Waals surface area contributed by atoms with Gasteiger partial charge in [-0.3, -0.25) is 4.79 Å². The standard InChI is InChI=1S/C20H28O10/c1-7-10-20(28-12(4)21)13(27-18-15(20)29-19(5,6)30-18)11-26-14(16(22)24-8-2)17(23)25-9-3/h13-15,18H,8-9,11H2,1-6H3/t13-,15+,18-,20-/m1/s1. The third-order valence-electron chi connectivity index (χ3n) is 4.31. The van der Waals surface area contributed by atoms with E-state index in [0.717, 1.165) is 0 Å². The number of fused-ring (bicyclic) bond motifs is 1. The molecule has 2 heterocycles. The summed E-state index contributed by atoms with van der Waals surface area (Å²) in [5.41, 5.74) is -1.56. The Labute approximate surface area is 175 Å². The second-order valence-electron chi connectivity index (χ2n) is 7.03. The van der Waals surface area contributed by atoms with Crippen molar-refractivity contribution in [2.45, 2.75) is 77.5 Å². The number of esters is 3. The molecule has 0 aromatic carbocycles. The van der Waals surface area contributed by atoms with E-state index in [-0.39, 0.29) is 19.8 Å². The molecule has 0 aromatic rings. The smallest absolute Gasteiger partial charge is 0.347 e. The molecule has 0 radical (unpaired) electrons. The zero-order valence-electron chi connectivity index (χ0n) is 18.0. The summed E-state index contributed by atoms with van der Waals surface area (Å²) in [6, 6.07) is 0. The first-order chi connectivity index (χ1) is 14.1. The summed E-state index contributed by atoms with van der Waals surface area (Å²) in [4.78, 5) is 36.2. The monoisotopic (exact) mass is 428 g/mol. The van der Waals surface area contributed by atoms with E-state index in [1.54, 1.807) is 34.6 Å². The number of ether oxygens (including phenoxy) is 7. The Morgan fingerprint density at radius 1 is 1.07 bits per heavy atom. The van der Waals surface area contributed by atoms with Crippen molar-refractivity contribution < 1.29 is 47.5 Å². The van der Waals surface area contributed by atoms with Crippen LogP contribution in [0.15, 0.2) is 0 Å². The van der Waals surface area contributed by atoms with Gasteiger partial charge < -0.3 is 33.2 Å². The van der Waals surface area contributed by atoms with Gasteiger partial charge in [0.25, 0.3) is 6.10 Å². The minimum absolute atomic E-state index is 0.0532. The lowest BCUT2D eigenvalue weighted by Gasteiger charge is -2.33. The van der Waals surface area contributed by atoms with Crippen LogP contribution >= 0.6 is 0 Å². The Balaban J connectivity index is 2.28. The molecule has 0 aliphatic carbocycles. The molecule has 168 valence electrons. The summed E-state index contributed by atoms with van der Waals surface area (Å²) in [5, 5.41) is 0. The van der Waals surface area contributed by atoms with E-state index in [1.165, 1.54) is 6.92 Å². The van der Waals surface area contributed by atoms with Gasteiger partial charge >= 0.3 is 17.9 Å². The molecule has 2 aliphatic heterocycles. The fourth-order valence-electron chi connectivity index (χ4n) is 3.31. The third kappa shape index (κ3) is 5.10. The first-order valence-corrected chi connectivity index (χ1v) is 9.69. The van der Waals surface area contributed by atoms with Crippen LogP contribution < -0.4 is 0 Å². The predicted molar refractivity (Wildman–Crippen MR) is 99.7 cm³/mol. The number of rotatable bonds is 8. The minimum Gasteiger partial charge on any atom is -0.464 e. The molecule has 10 heteroatoms. The molecule has 2 aliphatic rings. The molecule has 0 unspecified atom stereocenters. The van der Waals surface area contributed by atoms with Gasteiger partial charge in [0.1, 0.15) is 6.10 Å². The Morgan fingerprint density at radius 3 is 2.17 bits per heavy atom. The maximum Gasteiger partial charge on any atom is 0.347 e. The molecule has 2 rings (SSSR count). The zero-order valence-corrected chi connectivity index (χ0v) is 18.0. The molecule has 0 amide bonds. The van der Waals surface area contributed by atoms with E-state index in [0.29, 0.717) is 0 Å². The highest BCUT2D eigenvalue weighted by Crippen LogP contribution is 2.45. The van der Waals surface area contributed by atoms with Crippen LogP contribution in [-0.4, -0.2) is 73.7 Å². The summed E-state index contributed by atoms with van der Waals surface area (Å²) in [7, 11) is 0. The molecule has 0 bridgehead atoms. The van der Waals surface area contributed by atoms with Gasteiger partial charge in [-0.15, -0.1) is 5.92 Å². The molecule has 2 fully saturated rings. The second-order valence-corrected chi connectivity index (χ2v) is 7.03. The molecule has 4 atom stereocenters. The molecule has 2 saturated heterocycles. The molecule has 10 nitrogen and oxygen atoms in total. The highest BCUT2D eigenvalue weighted by atomic mass is 16.8. The van der Waals surface area contributed by atoms with Gasteiger partial charge in [0.05, 0.1) is 19.8 Å². The van der Waals surface area contributed by atoms with Crippen molar-refractivity contribution in [3.8, 4) is 11.8 Å². The average Bonchev–Trinajstić information content (AvgIpc) is 3.07. The molecule has 0 N–H and O–H groups in total. The van der Waals surface area contributed by atoms with Gasteiger partial charge in [-0.2, -0.15) is 0 Å². The zero-order chi connectivity index (χ0) is 22.5. The molecular formula is C20H28O10. The molecule has 0 aromatic heterocycles. The minimum atomic E-state index is -1.63. The van der Waals surface area contributed by atoms with Crippen molar-refractivity contribution in [1.29, 1.82) is 0 Å². The summed E-state index contributed by atoms with van der Waals surface area (Å²) in [6.07, 6.45) is -4.39. The lowest BCUT2D eigenvalue weighted by atomic mass is 9.92. The van der Waals surface area contributed by atoms with E-state index in [2.05, 4.69) is 11.8 Å². The van der Waals surface area contributed by atoms with Crippen LogP contribution in [0.4, 0.5) is 0 Å². The van der Waals surface area contributed by atoms with E-state index in [4.69, 9.17) is 33.2 Å². The van der Waals surface area contributed by atoms with Crippen molar-refractivity contribution in [3.05, 3.63) is 0 Å². The van der Waals surface area contributed by atoms with Crippen LogP contribution in [0.5, 0.6) is 0 Å². The van der Waals surface area contributed by atoms with Gasteiger partial charge in [-0.05, 0) is 40.5 Å². The lowest BCUT2D eigenvalue weighted by molar-refractivity contribution is -0.234. The average molecular weight is 428 g/mol.